The first kappa shape index (κ1) is 17.0. The van der Waals surface area contributed by atoms with Gasteiger partial charge in [-0.1, -0.05) is 18.2 Å². The van der Waals surface area contributed by atoms with Crippen LogP contribution in [-0.2, 0) is 6.18 Å². The summed E-state index contributed by atoms with van der Waals surface area (Å²) in [4.78, 5) is 19.2. The fraction of sp³-hybridized carbons (Fsp3) is 0.278. The van der Waals surface area contributed by atoms with Crippen LogP contribution in [0.15, 0.2) is 35.1 Å². The van der Waals surface area contributed by atoms with Crippen molar-refractivity contribution >= 4 is 23.3 Å². The van der Waals surface area contributed by atoms with E-state index in [9.17, 15) is 18.0 Å². The van der Waals surface area contributed by atoms with Gasteiger partial charge in [0.2, 0.25) is 0 Å². The van der Waals surface area contributed by atoms with E-state index in [0.717, 1.165) is 24.5 Å². The zero-order chi connectivity index (χ0) is 18.6. The van der Waals surface area contributed by atoms with Crippen molar-refractivity contribution in [2.75, 3.05) is 0 Å². The predicted octanol–water partition coefficient (Wildman–Crippen LogP) is 4.65. The Labute approximate surface area is 151 Å². The van der Waals surface area contributed by atoms with Gasteiger partial charge in [-0.15, -0.1) is 0 Å². The predicted molar refractivity (Wildman–Crippen MR) is 94.2 cm³/mol. The van der Waals surface area contributed by atoms with E-state index >= 15 is 0 Å². The zero-order valence-electron chi connectivity index (χ0n) is 13.7. The number of aryl methyl sites for hydroxylation is 1. The molecule has 134 valence electrons. The van der Waals surface area contributed by atoms with Crippen LogP contribution in [0, 0.1) is 11.7 Å². The van der Waals surface area contributed by atoms with Crippen LogP contribution in [0.5, 0.6) is 0 Å². The molecule has 1 aliphatic carbocycles. The Morgan fingerprint density at radius 2 is 1.96 bits per heavy atom. The summed E-state index contributed by atoms with van der Waals surface area (Å²) in [5.74, 6) is -0.00122. The molecule has 0 atom stereocenters. The maximum absolute atomic E-state index is 13.7. The lowest BCUT2D eigenvalue weighted by Crippen LogP contribution is -2.20. The number of para-hydroxylation sites is 1. The molecular weight excluding hydrogens is 363 g/mol. The third-order valence-electron chi connectivity index (χ3n) is 4.54. The molecule has 4 rings (SSSR count). The topological polar surface area (TPSA) is 50.7 Å². The molecule has 1 aromatic carbocycles. The van der Waals surface area contributed by atoms with Gasteiger partial charge in [-0.25, -0.2) is 4.98 Å². The highest BCUT2D eigenvalue weighted by molar-refractivity contribution is 7.71. The Morgan fingerprint density at radius 3 is 2.58 bits per heavy atom. The molecule has 0 radical (unpaired) electrons. The lowest BCUT2D eigenvalue weighted by atomic mass is 10.1. The van der Waals surface area contributed by atoms with E-state index in [1.54, 1.807) is 12.1 Å². The lowest BCUT2D eigenvalue weighted by Gasteiger charge is -2.17. The van der Waals surface area contributed by atoms with E-state index in [2.05, 4.69) is 9.97 Å². The molecule has 0 unspecified atom stereocenters. The van der Waals surface area contributed by atoms with Crippen LogP contribution in [0.4, 0.5) is 13.2 Å². The van der Waals surface area contributed by atoms with E-state index in [4.69, 9.17) is 12.2 Å². The lowest BCUT2D eigenvalue weighted by molar-refractivity contribution is -0.136. The SMILES string of the molecule is Cc1ccccc1-n1c(=S)[nH]c(=O)c2c(C(F)(F)F)cc(C3CC3)nc21. The largest absolute Gasteiger partial charge is 0.417 e. The molecule has 2 aromatic heterocycles. The fourth-order valence-electron chi connectivity index (χ4n) is 3.10. The standard InChI is InChI=1S/C18H14F3N3OS/c1-9-4-2-3-5-13(9)24-15-14(16(25)23-17(24)26)11(18(19,20)21)8-12(22-15)10-6-7-10/h2-5,8,10H,6-7H2,1H3,(H,23,25,26). The van der Waals surface area contributed by atoms with Crippen LogP contribution in [0.2, 0.25) is 0 Å². The number of fused-ring (bicyclic) bond motifs is 1. The Hall–Kier alpha value is -2.48. The number of hydrogen-bond acceptors (Lipinski definition) is 3. The third-order valence-corrected chi connectivity index (χ3v) is 4.82. The van der Waals surface area contributed by atoms with Crippen molar-refractivity contribution in [2.45, 2.75) is 31.9 Å². The van der Waals surface area contributed by atoms with Gasteiger partial charge in [0.15, 0.2) is 10.4 Å². The molecule has 2 heterocycles. The molecule has 0 amide bonds. The van der Waals surface area contributed by atoms with Crippen molar-refractivity contribution < 1.29 is 13.2 Å². The quantitative estimate of drug-likeness (QED) is 0.662. The highest BCUT2D eigenvalue weighted by Crippen LogP contribution is 2.42. The minimum Gasteiger partial charge on any atom is -0.298 e. The first-order valence-corrected chi connectivity index (χ1v) is 8.51. The maximum Gasteiger partial charge on any atom is 0.417 e. The summed E-state index contributed by atoms with van der Waals surface area (Å²) in [6, 6.07) is 8.14. The number of nitrogens with one attached hydrogen (secondary N) is 1. The molecular formula is C18H14F3N3OS. The number of nitrogens with zero attached hydrogens (tertiary/aromatic N) is 2. The number of benzene rings is 1. The molecule has 0 aliphatic heterocycles. The van der Waals surface area contributed by atoms with Gasteiger partial charge in [-0.2, -0.15) is 13.2 Å². The molecule has 0 saturated heterocycles. The Kier molecular flexibility index (Phi) is 3.76. The molecule has 4 nitrogen and oxygen atoms in total. The summed E-state index contributed by atoms with van der Waals surface area (Å²) >= 11 is 5.26. The summed E-state index contributed by atoms with van der Waals surface area (Å²) in [5, 5.41) is -0.487. The number of aromatic amines is 1. The Balaban J connectivity index is 2.20. The summed E-state index contributed by atoms with van der Waals surface area (Å²) in [5.41, 5.74) is -0.145. The number of alkyl halides is 3. The molecule has 1 saturated carbocycles. The van der Waals surface area contributed by atoms with Crippen molar-refractivity contribution in [1.29, 1.82) is 0 Å². The Morgan fingerprint density at radius 1 is 1.27 bits per heavy atom. The van der Waals surface area contributed by atoms with Gasteiger partial charge in [0, 0.05) is 11.6 Å². The average molecular weight is 377 g/mol. The molecule has 1 aliphatic rings. The molecule has 1 fully saturated rings. The van der Waals surface area contributed by atoms with Gasteiger partial charge >= 0.3 is 6.18 Å². The van der Waals surface area contributed by atoms with E-state index in [1.165, 1.54) is 4.57 Å². The summed E-state index contributed by atoms with van der Waals surface area (Å²) in [6.45, 7) is 1.82. The monoisotopic (exact) mass is 377 g/mol. The molecule has 8 heteroatoms. The molecule has 1 N–H and O–H groups in total. The number of rotatable bonds is 2. The third kappa shape index (κ3) is 2.74. The van der Waals surface area contributed by atoms with Crippen molar-refractivity contribution in [3.05, 3.63) is 62.3 Å². The first-order valence-electron chi connectivity index (χ1n) is 8.10. The highest BCUT2D eigenvalue weighted by atomic mass is 32.1. The normalized spacial score (nSPS) is 14.8. The smallest absolute Gasteiger partial charge is 0.298 e. The minimum atomic E-state index is -4.66. The molecule has 0 spiro atoms. The summed E-state index contributed by atoms with van der Waals surface area (Å²) < 4.78 is 42.4. The van der Waals surface area contributed by atoms with Crippen LogP contribution in [0.3, 0.4) is 0 Å². The Bertz CT molecular complexity index is 1140. The van der Waals surface area contributed by atoms with Crippen LogP contribution in [-0.4, -0.2) is 14.5 Å². The number of hydrogen-bond donors (Lipinski definition) is 1. The molecule has 26 heavy (non-hydrogen) atoms. The molecule has 0 bridgehead atoms. The van der Waals surface area contributed by atoms with Gasteiger partial charge < -0.3 is 0 Å². The highest BCUT2D eigenvalue weighted by Gasteiger charge is 2.37. The average Bonchev–Trinajstić information content (AvgIpc) is 3.39. The van der Waals surface area contributed by atoms with Crippen molar-refractivity contribution in [3.8, 4) is 5.69 Å². The number of pyridine rings is 1. The second-order valence-corrected chi connectivity index (χ2v) is 6.83. The second-order valence-electron chi connectivity index (χ2n) is 6.45. The zero-order valence-corrected chi connectivity index (χ0v) is 14.5. The minimum absolute atomic E-state index is 0.00122. The number of halogens is 3. The van der Waals surface area contributed by atoms with Crippen molar-refractivity contribution in [3.63, 3.8) is 0 Å². The van der Waals surface area contributed by atoms with Gasteiger partial charge in [0.25, 0.3) is 5.56 Å². The van der Waals surface area contributed by atoms with Crippen LogP contribution in [0.1, 0.15) is 35.6 Å². The number of aromatic nitrogens is 3. The van der Waals surface area contributed by atoms with Crippen LogP contribution < -0.4 is 5.56 Å². The van der Waals surface area contributed by atoms with Gasteiger partial charge in [0.1, 0.15) is 0 Å². The van der Waals surface area contributed by atoms with Gasteiger partial charge in [0.05, 0.1) is 16.6 Å². The van der Waals surface area contributed by atoms with E-state index in [0.29, 0.717) is 11.4 Å². The van der Waals surface area contributed by atoms with Crippen LogP contribution >= 0.6 is 12.2 Å². The number of H-pyrrole nitrogens is 1. The van der Waals surface area contributed by atoms with Crippen LogP contribution in [0.25, 0.3) is 16.7 Å². The maximum atomic E-state index is 13.7. The fourth-order valence-corrected chi connectivity index (χ4v) is 3.38. The van der Waals surface area contributed by atoms with Gasteiger partial charge in [-0.3, -0.25) is 14.3 Å². The second kappa shape index (κ2) is 5.77. The van der Waals surface area contributed by atoms with Crippen molar-refractivity contribution in [1.82, 2.24) is 14.5 Å². The first-order chi connectivity index (χ1) is 12.3. The molecule has 3 aromatic rings. The van der Waals surface area contributed by atoms with E-state index in [-0.39, 0.29) is 16.3 Å². The van der Waals surface area contributed by atoms with Crippen molar-refractivity contribution in [2.24, 2.45) is 0 Å². The summed E-state index contributed by atoms with van der Waals surface area (Å²) in [7, 11) is 0. The van der Waals surface area contributed by atoms with E-state index < -0.39 is 22.7 Å². The summed E-state index contributed by atoms with van der Waals surface area (Å²) in [6.07, 6.45) is -3.07. The van der Waals surface area contributed by atoms with E-state index in [1.807, 2.05) is 19.1 Å². The van der Waals surface area contributed by atoms with Gasteiger partial charge in [-0.05, 0) is 49.7 Å².